The zero-order valence-corrected chi connectivity index (χ0v) is 8.73. The van der Waals surface area contributed by atoms with Gasteiger partial charge in [0.2, 0.25) is 0 Å². The Hall–Kier alpha value is -1.24. The molecule has 0 saturated carbocycles. The van der Waals surface area contributed by atoms with Gasteiger partial charge in [-0.3, -0.25) is 0 Å². The number of aromatic nitrogens is 1. The number of nitrogens with zero attached hydrogens (tertiary/aromatic N) is 1. The van der Waals surface area contributed by atoms with Gasteiger partial charge in [0, 0.05) is 5.02 Å². The molecule has 1 aromatic carbocycles. The number of benzene rings is 1. The molecular formula is C10H6ClNOS. The topological polar surface area (TPSA) is 22.1 Å². The van der Waals surface area contributed by atoms with Crippen LogP contribution in [0.2, 0.25) is 5.02 Å². The summed E-state index contributed by atoms with van der Waals surface area (Å²) in [7, 11) is 0. The average Bonchev–Trinajstić information content (AvgIpc) is 2.56. The van der Waals surface area contributed by atoms with E-state index in [1.54, 1.807) is 6.07 Å². The van der Waals surface area contributed by atoms with E-state index in [4.69, 9.17) is 22.8 Å². The van der Waals surface area contributed by atoms with Gasteiger partial charge in [-0.1, -0.05) is 28.9 Å². The van der Waals surface area contributed by atoms with E-state index in [0.29, 0.717) is 10.2 Å². The lowest BCUT2D eigenvalue weighted by atomic mass is 10.3. The quantitative estimate of drug-likeness (QED) is 0.731. The van der Waals surface area contributed by atoms with E-state index in [0.717, 1.165) is 10.2 Å². The minimum atomic E-state index is 0.244. The molecule has 14 heavy (non-hydrogen) atoms. The molecule has 0 saturated heterocycles. The summed E-state index contributed by atoms with van der Waals surface area (Å²) in [6.45, 7) is 0.244. The molecule has 2 aromatic rings. The molecule has 2 nitrogen and oxygen atoms in total. The number of fused-ring (bicyclic) bond motifs is 1. The number of hydrogen-bond donors (Lipinski definition) is 0. The SMILES string of the molecule is C#CCOc1nc2cc(Cl)ccc2s1. The van der Waals surface area contributed by atoms with E-state index in [2.05, 4.69) is 10.9 Å². The van der Waals surface area contributed by atoms with Crippen molar-refractivity contribution in [3.05, 3.63) is 23.2 Å². The van der Waals surface area contributed by atoms with Crippen molar-refractivity contribution in [1.82, 2.24) is 4.98 Å². The fourth-order valence-electron chi connectivity index (χ4n) is 1.04. The molecule has 0 spiro atoms. The Kier molecular flexibility index (Phi) is 2.58. The summed E-state index contributed by atoms with van der Waals surface area (Å²) in [6.07, 6.45) is 5.08. The average molecular weight is 224 g/mol. The van der Waals surface area contributed by atoms with E-state index in [1.807, 2.05) is 12.1 Å². The number of ether oxygens (including phenoxy) is 1. The second-order valence-electron chi connectivity index (χ2n) is 2.58. The number of halogens is 1. The van der Waals surface area contributed by atoms with Crippen LogP contribution < -0.4 is 4.74 Å². The molecule has 0 aliphatic carbocycles. The maximum atomic E-state index is 5.82. The van der Waals surface area contributed by atoms with Crippen molar-refractivity contribution in [2.24, 2.45) is 0 Å². The highest BCUT2D eigenvalue weighted by atomic mass is 35.5. The van der Waals surface area contributed by atoms with Gasteiger partial charge < -0.3 is 4.74 Å². The molecule has 2 rings (SSSR count). The molecule has 0 atom stereocenters. The third kappa shape index (κ3) is 1.82. The number of hydrogen-bond acceptors (Lipinski definition) is 3. The summed E-state index contributed by atoms with van der Waals surface area (Å²) < 4.78 is 6.25. The highest BCUT2D eigenvalue weighted by molar-refractivity contribution is 7.20. The molecule has 0 radical (unpaired) electrons. The Morgan fingerprint density at radius 2 is 2.43 bits per heavy atom. The predicted molar refractivity (Wildman–Crippen MR) is 59.0 cm³/mol. The van der Waals surface area contributed by atoms with Gasteiger partial charge in [-0.25, -0.2) is 4.98 Å². The molecule has 0 aliphatic rings. The number of thiazole rings is 1. The Balaban J connectivity index is 2.37. The minimum absolute atomic E-state index is 0.244. The van der Waals surface area contributed by atoms with Crippen LogP contribution in [-0.4, -0.2) is 11.6 Å². The van der Waals surface area contributed by atoms with Crippen LogP contribution in [0.1, 0.15) is 0 Å². The molecule has 0 unspecified atom stereocenters. The number of rotatable bonds is 2. The van der Waals surface area contributed by atoms with Gasteiger partial charge in [-0.05, 0) is 18.2 Å². The summed E-state index contributed by atoms with van der Waals surface area (Å²) in [6, 6.07) is 5.54. The molecule has 0 fully saturated rings. The summed E-state index contributed by atoms with van der Waals surface area (Å²) in [5, 5.41) is 1.26. The van der Waals surface area contributed by atoms with Crippen molar-refractivity contribution >= 4 is 33.2 Å². The first-order chi connectivity index (χ1) is 6.79. The van der Waals surface area contributed by atoms with Crippen LogP contribution in [0.25, 0.3) is 10.2 Å². The normalized spacial score (nSPS) is 10.0. The van der Waals surface area contributed by atoms with Gasteiger partial charge >= 0.3 is 0 Å². The minimum Gasteiger partial charge on any atom is -0.457 e. The Labute approximate surface area is 90.5 Å². The molecule has 0 amide bonds. The molecule has 1 aromatic heterocycles. The molecule has 70 valence electrons. The molecule has 0 bridgehead atoms. The van der Waals surface area contributed by atoms with Crippen LogP contribution >= 0.6 is 22.9 Å². The summed E-state index contributed by atoms with van der Waals surface area (Å²) in [5.41, 5.74) is 0.842. The van der Waals surface area contributed by atoms with Gasteiger partial charge in [0.25, 0.3) is 5.19 Å². The first kappa shape index (κ1) is 9.32. The standard InChI is InChI=1S/C10H6ClNOS/c1-2-5-13-10-12-8-6-7(11)3-4-9(8)14-10/h1,3-4,6H,5H2. The van der Waals surface area contributed by atoms with Crippen molar-refractivity contribution in [2.75, 3.05) is 6.61 Å². The van der Waals surface area contributed by atoms with Crippen LogP contribution in [0.3, 0.4) is 0 Å². The van der Waals surface area contributed by atoms with Crippen molar-refractivity contribution in [3.8, 4) is 17.5 Å². The molecule has 1 heterocycles. The van der Waals surface area contributed by atoms with Crippen LogP contribution in [0, 0.1) is 12.3 Å². The smallest absolute Gasteiger partial charge is 0.275 e. The zero-order chi connectivity index (χ0) is 9.97. The number of terminal acetylenes is 1. The van der Waals surface area contributed by atoms with Gasteiger partial charge in [0.05, 0.1) is 10.2 Å². The third-order valence-corrected chi connectivity index (χ3v) is 2.79. The van der Waals surface area contributed by atoms with Crippen LogP contribution in [-0.2, 0) is 0 Å². The van der Waals surface area contributed by atoms with E-state index in [1.165, 1.54) is 11.3 Å². The predicted octanol–water partition coefficient (Wildman–Crippen LogP) is 2.96. The second kappa shape index (κ2) is 3.87. The lowest BCUT2D eigenvalue weighted by molar-refractivity contribution is 0.369. The largest absolute Gasteiger partial charge is 0.457 e. The van der Waals surface area contributed by atoms with Gasteiger partial charge in [0.15, 0.2) is 6.61 Å². The molecular weight excluding hydrogens is 218 g/mol. The molecule has 0 aliphatic heterocycles. The third-order valence-electron chi connectivity index (χ3n) is 1.61. The highest BCUT2D eigenvalue weighted by Crippen LogP contribution is 2.29. The van der Waals surface area contributed by atoms with E-state index in [9.17, 15) is 0 Å². The first-order valence-corrected chi connectivity index (χ1v) is 5.11. The van der Waals surface area contributed by atoms with E-state index >= 15 is 0 Å². The first-order valence-electron chi connectivity index (χ1n) is 3.92. The van der Waals surface area contributed by atoms with Gasteiger partial charge in [-0.15, -0.1) is 6.42 Å². The fourth-order valence-corrected chi connectivity index (χ4v) is 2.01. The fraction of sp³-hybridized carbons (Fsp3) is 0.100. The van der Waals surface area contributed by atoms with E-state index in [-0.39, 0.29) is 6.61 Å². The van der Waals surface area contributed by atoms with Gasteiger partial charge in [0.1, 0.15) is 0 Å². The lowest BCUT2D eigenvalue weighted by Crippen LogP contribution is -1.91. The molecule has 0 N–H and O–H groups in total. The Morgan fingerprint density at radius 3 is 3.21 bits per heavy atom. The monoisotopic (exact) mass is 223 g/mol. The highest BCUT2D eigenvalue weighted by Gasteiger charge is 2.04. The zero-order valence-electron chi connectivity index (χ0n) is 7.16. The van der Waals surface area contributed by atoms with Crippen molar-refractivity contribution in [3.63, 3.8) is 0 Å². The van der Waals surface area contributed by atoms with Crippen molar-refractivity contribution in [1.29, 1.82) is 0 Å². The van der Waals surface area contributed by atoms with E-state index < -0.39 is 0 Å². The summed E-state index contributed by atoms with van der Waals surface area (Å²) in [4.78, 5) is 4.23. The van der Waals surface area contributed by atoms with Crippen molar-refractivity contribution < 1.29 is 4.74 Å². The van der Waals surface area contributed by atoms with Gasteiger partial charge in [-0.2, -0.15) is 0 Å². The van der Waals surface area contributed by atoms with Crippen LogP contribution in [0.5, 0.6) is 5.19 Å². The maximum Gasteiger partial charge on any atom is 0.275 e. The summed E-state index contributed by atoms with van der Waals surface area (Å²) >= 11 is 7.28. The van der Waals surface area contributed by atoms with Crippen molar-refractivity contribution in [2.45, 2.75) is 0 Å². The van der Waals surface area contributed by atoms with Crippen LogP contribution in [0.4, 0.5) is 0 Å². The maximum absolute atomic E-state index is 5.82. The summed E-state index contributed by atoms with van der Waals surface area (Å²) in [5.74, 6) is 2.39. The Bertz CT molecular complexity index is 500. The lowest BCUT2D eigenvalue weighted by Gasteiger charge is -1.91. The molecule has 4 heteroatoms. The van der Waals surface area contributed by atoms with Crippen LogP contribution in [0.15, 0.2) is 18.2 Å². The second-order valence-corrected chi connectivity index (χ2v) is 4.01. The Morgan fingerprint density at radius 1 is 1.57 bits per heavy atom.